The van der Waals surface area contributed by atoms with E-state index in [2.05, 4.69) is 30.2 Å². The van der Waals surface area contributed by atoms with Crippen LogP contribution in [-0.2, 0) is 13.5 Å². The molecule has 160 valence electrons. The van der Waals surface area contributed by atoms with Crippen LogP contribution in [0.3, 0.4) is 0 Å². The summed E-state index contributed by atoms with van der Waals surface area (Å²) >= 11 is 0. The molecule has 0 bridgehead atoms. The van der Waals surface area contributed by atoms with Crippen LogP contribution < -0.4 is 0 Å². The van der Waals surface area contributed by atoms with Crippen LogP contribution in [0.4, 0.5) is 0 Å². The molecule has 1 atom stereocenters. The lowest BCUT2D eigenvalue weighted by molar-refractivity contribution is 0.0627. The highest BCUT2D eigenvalue weighted by Crippen LogP contribution is 2.36. The third kappa shape index (κ3) is 2.82. The summed E-state index contributed by atoms with van der Waals surface area (Å²) in [6.45, 7) is 2.37. The van der Waals surface area contributed by atoms with Crippen LogP contribution in [0.25, 0.3) is 22.7 Å². The van der Waals surface area contributed by atoms with Crippen LogP contribution in [-0.4, -0.2) is 52.3 Å². The number of oxazole rings is 1. The number of H-pyrrole nitrogens is 1. The van der Waals surface area contributed by atoms with E-state index in [1.54, 1.807) is 35.2 Å². The molecule has 1 aliphatic heterocycles. The summed E-state index contributed by atoms with van der Waals surface area (Å²) in [4.78, 5) is 27.3. The van der Waals surface area contributed by atoms with Crippen LogP contribution in [0.5, 0.6) is 0 Å². The van der Waals surface area contributed by atoms with Gasteiger partial charge in [0, 0.05) is 31.9 Å². The molecule has 0 unspecified atom stereocenters. The fourth-order valence-electron chi connectivity index (χ4n) is 4.03. The number of aromatic nitrogens is 7. The van der Waals surface area contributed by atoms with E-state index in [-0.39, 0.29) is 11.8 Å². The first-order valence-electron chi connectivity index (χ1n) is 10.1. The molecule has 0 aliphatic carbocycles. The smallest absolute Gasteiger partial charge is 0.312 e. The Labute approximate surface area is 181 Å². The molecule has 1 N–H and O–H groups in total. The third-order valence-electron chi connectivity index (χ3n) is 5.59. The number of nitrogens with zero attached hydrogens (tertiary/aromatic N) is 7. The molecule has 1 aromatic carbocycles. The maximum Gasteiger partial charge on any atom is 0.312 e. The fourth-order valence-corrected chi connectivity index (χ4v) is 4.03. The molecule has 5 aromatic rings. The minimum Gasteiger partial charge on any atom is -0.438 e. The standard InChI is InChI=1S/C21H18N8O3/c1-11-4-3-5-13-17(11)31-19(24-13)16-15-12(22-10-23-15)7-9-29(16)21(30)20-26-25-18(32-20)14-6-8-28(2)27-14/h3-6,8,10,16H,7,9H2,1-2H3,(H,22,23)/t16-/m0/s1. The Morgan fingerprint density at radius 2 is 2.12 bits per heavy atom. The summed E-state index contributed by atoms with van der Waals surface area (Å²) in [5.41, 5.74) is 4.52. The Morgan fingerprint density at radius 3 is 2.94 bits per heavy atom. The van der Waals surface area contributed by atoms with Crippen molar-refractivity contribution < 1.29 is 13.6 Å². The van der Waals surface area contributed by atoms with Gasteiger partial charge in [0.2, 0.25) is 5.89 Å². The number of nitrogens with one attached hydrogen (secondary N) is 1. The predicted molar refractivity (Wildman–Crippen MR) is 110 cm³/mol. The number of carbonyl (C=O) groups excluding carboxylic acids is 1. The molecule has 1 aliphatic rings. The molecule has 11 nitrogen and oxygen atoms in total. The second kappa shape index (κ2) is 6.87. The van der Waals surface area contributed by atoms with Gasteiger partial charge in [-0.1, -0.05) is 12.1 Å². The van der Waals surface area contributed by atoms with Crippen molar-refractivity contribution in [2.24, 2.45) is 7.05 Å². The zero-order valence-electron chi connectivity index (χ0n) is 17.3. The van der Waals surface area contributed by atoms with Crippen LogP contribution in [0.1, 0.15) is 39.6 Å². The third-order valence-corrected chi connectivity index (χ3v) is 5.59. The number of carbonyl (C=O) groups is 1. The van der Waals surface area contributed by atoms with Gasteiger partial charge in [-0.05, 0) is 24.6 Å². The Bertz CT molecular complexity index is 1460. The van der Waals surface area contributed by atoms with E-state index >= 15 is 0 Å². The van der Waals surface area contributed by atoms with Gasteiger partial charge in [-0.15, -0.1) is 10.2 Å². The number of benzene rings is 1. The van der Waals surface area contributed by atoms with Gasteiger partial charge in [0.25, 0.3) is 5.89 Å². The van der Waals surface area contributed by atoms with Crippen LogP contribution in [0.15, 0.2) is 45.6 Å². The van der Waals surface area contributed by atoms with Crippen molar-refractivity contribution in [1.82, 2.24) is 39.8 Å². The van der Waals surface area contributed by atoms with Crippen LogP contribution >= 0.6 is 0 Å². The number of fused-ring (bicyclic) bond motifs is 2. The molecular formula is C21H18N8O3. The summed E-state index contributed by atoms with van der Waals surface area (Å²) in [5, 5.41) is 12.2. The molecule has 5 heterocycles. The first kappa shape index (κ1) is 18.5. The van der Waals surface area contributed by atoms with Crippen molar-refractivity contribution >= 4 is 17.0 Å². The first-order chi connectivity index (χ1) is 15.6. The van der Waals surface area contributed by atoms with E-state index in [0.29, 0.717) is 35.8 Å². The molecule has 0 spiro atoms. The average molecular weight is 430 g/mol. The van der Waals surface area contributed by atoms with Crippen LogP contribution in [0.2, 0.25) is 0 Å². The second-order valence-corrected chi connectivity index (χ2v) is 7.68. The number of aromatic amines is 1. The highest BCUT2D eigenvalue weighted by Gasteiger charge is 2.39. The maximum atomic E-state index is 13.4. The van der Waals surface area contributed by atoms with Gasteiger partial charge in [-0.25, -0.2) is 9.97 Å². The van der Waals surface area contributed by atoms with E-state index in [4.69, 9.17) is 8.83 Å². The molecule has 0 radical (unpaired) electrons. The van der Waals surface area contributed by atoms with E-state index in [9.17, 15) is 4.79 Å². The summed E-state index contributed by atoms with van der Waals surface area (Å²) in [7, 11) is 1.79. The summed E-state index contributed by atoms with van der Waals surface area (Å²) in [5.74, 6) is 0.0276. The van der Waals surface area contributed by atoms with Gasteiger partial charge >= 0.3 is 11.8 Å². The van der Waals surface area contributed by atoms with Crippen LogP contribution in [0, 0.1) is 6.92 Å². The number of aryl methyl sites for hydroxylation is 2. The number of rotatable bonds is 3. The number of imidazole rings is 1. The molecule has 0 saturated carbocycles. The van der Waals surface area contributed by atoms with Gasteiger partial charge in [0.05, 0.1) is 12.0 Å². The van der Waals surface area contributed by atoms with Gasteiger partial charge < -0.3 is 18.7 Å². The van der Waals surface area contributed by atoms with E-state index in [0.717, 1.165) is 16.8 Å². The van der Waals surface area contributed by atoms with E-state index in [1.165, 1.54) is 0 Å². The Balaban J connectivity index is 1.41. The average Bonchev–Trinajstić information content (AvgIpc) is 3.57. The molecule has 6 rings (SSSR count). The minimum absolute atomic E-state index is 0.123. The lowest BCUT2D eigenvalue weighted by atomic mass is 10.0. The van der Waals surface area contributed by atoms with Crippen molar-refractivity contribution in [3.63, 3.8) is 0 Å². The largest absolute Gasteiger partial charge is 0.438 e. The summed E-state index contributed by atoms with van der Waals surface area (Å²) in [6, 6.07) is 6.88. The molecular weight excluding hydrogens is 412 g/mol. The topological polar surface area (TPSA) is 132 Å². The molecule has 1 amide bonds. The zero-order chi connectivity index (χ0) is 21.8. The molecule has 0 saturated heterocycles. The predicted octanol–water partition coefficient (Wildman–Crippen LogP) is 2.43. The highest BCUT2D eigenvalue weighted by molar-refractivity contribution is 5.90. The van der Waals surface area contributed by atoms with E-state index < -0.39 is 11.9 Å². The van der Waals surface area contributed by atoms with Gasteiger partial charge in [-0.3, -0.25) is 9.48 Å². The Morgan fingerprint density at radius 1 is 1.22 bits per heavy atom. The van der Waals surface area contributed by atoms with Crippen molar-refractivity contribution in [2.45, 2.75) is 19.4 Å². The fraction of sp³-hybridized carbons (Fsp3) is 0.238. The summed E-state index contributed by atoms with van der Waals surface area (Å²) in [6.07, 6.45) is 3.99. The Kier molecular flexibility index (Phi) is 3.97. The van der Waals surface area contributed by atoms with Crippen molar-refractivity contribution in [2.75, 3.05) is 6.54 Å². The Hall–Kier alpha value is -4.28. The zero-order valence-corrected chi connectivity index (χ0v) is 17.3. The molecule has 0 fully saturated rings. The first-order valence-corrected chi connectivity index (χ1v) is 10.1. The SMILES string of the molecule is Cc1cccc2nc([C@@H]3c4nc[nH]c4CCN3C(=O)c3nnc(-c4ccn(C)n4)o3)oc12. The van der Waals surface area contributed by atoms with E-state index in [1.807, 2.05) is 25.1 Å². The lowest BCUT2D eigenvalue weighted by Gasteiger charge is -2.31. The second-order valence-electron chi connectivity index (χ2n) is 7.68. The molecule has 4 aromatic heterocycles. The number of para-hydroxylation sites is 1. The number of amides is 1. The minimum atomic E-state index is -0.616. The number of hydrogen-bond donors (Lipinski definition) is 1. The molecule has 32 heavy (non-hydrogen) atoms. The molecule has 11 heteroatoms. The monoisotopic (exact) mass is 430 g/mol. The number of hydrogen-bond acceptors (Lipinski definition) is 8. The van der Waals surface area contributed by atoms with Crippen molar-refractivity contribution in [3.05, 3.63) is 65.5 Å². The maximum absolute atomic E-state index is 13.4. The van der Waals surface area contributed by atoms with Gasteiger partial charge in [0.1, 0.15) is 11.2 Å². The van der Waals surface area contributed by atoms with Crippen molar-refractivity contribution in [1.29, 1.82) is 0 Å². The highest BCUT2D eigenvalue weighted by atomic mass is 16.4. The van der Waals surface area contributed by atoms with Crippen molar-refractivity contribution in [3.8, 4) is 11.6 Å². The quantitative estimate of drug-likeness (QED) is 0.462. The van der Waals surface area contributed by atoms with Gasteiger partial charge in [0.15, 0.2) is 11.6 Å². The summed E-state index contributed by atoms with van der Waals surface area (Å²) < 4.78 is 13.4. The lowest BCUT2D eigenvalue weighted by Crippen LogP contribution is -2.41. The van der Waals surface area contributed by atoms with Gasteiger partial charge in [-0.2, -0.15) is 5.10 Å². The normalized spacial score (nSPS) is 15.9.